The molecular formula is C23H26N2O3S. The smallest absolute Gasteiger partial charge is 0.193 e. The summed E-state index contributed by atoms with van der Waals surface area (Å²) < 4.78 is 11.4. The van der Waals surface area contributed by atoms with Crippen LogP contribution in [-0.4, -0.2) is 36.1 Å². The van der Waals surface area contributed by atoms with E-state index in [1.54, 1.807) is 7.11 Å². The van der Waals surface area contributed by atoms with Gasteiger partial charge in [0.1, 0.15) is 0 Å². The van der Waals surface area contributed by atoms with E-state index in [2.05, 4.69) is 5.32 Å². The minimum atomic E-state index is -0.383. The summed E-state index contributed by atoms with van der Waals surface area (Å²) in [5.41, 5.74) is 3.01. The van der Waals surface area contributed by atoms with E-state index in [9.17, 15) is 4.79 Å². The molecule has 0 bridgehead atoms. The zero-order valence-corrected chi connectivity index (χ0v) is 18.2. The molecule has 3 rings (SSSR count). The van der Waals surface area contributed by atoms with E-state index >= 15 is 0 Å². The average Bonchev–Trinajstić information content (AvgIpc) is 2.71. The number of ether oxygens (including phenoxy) is 2. The van der Waals surface area contributed by atoms with Crippen molar-refractivity contribution in [3.05, 3.63) is 70.9 Å². The SMILES string of the molecule is COc1ccc(C2NC(=S)N(C)C(C)=C2C(=O)c2ccccc2)cc1OC(C)C. The third-order valence-electron chi connectivity index (χ3n) is 4.92. The zero-order valence-electron chi connectivity index (χ0n) is 17.4. The first-order chi connectivity index (χ1) is 13.8. The van der Waals surface area contributed by atoms with Gasteiger partial charge in [-0.05, 0) is 50.7 Å². The molecule has 0 saturated carbocycles. The maximum atomic E-state index is 13.4. The molecule has 0 radical (unpaired) electrons. The van der Waals surface area contributed by atoms with Gasteiger partial charge in [-0.1, -0.05) is 36.4 Å². The fourth-order valence-corrected chi connectivity index (χ4v) is 3.60. The molecule has 6 heteroatoms. The summed E-state index contributed by atoms with van der Waals surface area (Å²) in [6.07, 6.45) is -0.00614. The normalized spacial score (nSPS) is 16.7. The molecule has 0 amide bonds. The van der Waals surface area contributed by atoms with Gasteiger partial charge in [-0.25, -0.2) is 0 Å². The van der Waals surface area contributed by atoms with E-state index in [0.29, 0.717) is 27.7 Å². The summed E-state index contributed by atoms with van der Waals surface area (Å²) in [5, 5.41) is 3.88. The van der Waals surface area contributed by atoms with Crippen molar-refractivity contribution >= 4 is 23.1 Å². The predicted octanol–water partition coefficient (Wildman–Crippen LogP) is 4.50. The average molecular weight is 411 g/mol. The number of Topliss-reactive ketones (excluding diaryl/α,β-unsaturated/α-hetero) is 1. The second-order valence-corrected chi connectivity index (χ2v) is 7.60. The third-order valence-corrected chi connectivity index (χ3v) is 5.31. The molecule has 0 fully saturated rings. The van der Waals surface area contributed by atoms with Crippen LogP contribution in [0.25, 0.3) is 0 Å². The minimum Gasteiger partial charge on any atom is -0.493 e. The topological polar surface area (TPSA) is 50.8 Å². The Labute approximate surface area is 177 Å². The van der Waals surface area contributed by atoms with Crippen molar-refractivity contribution in [3.8, 4) is 11.5 Å². The van der Waals surface area contributed by atoms with Gasteiger partial charge in [0.2, 0.25) is 0 Å². The van der Waals surface area contributed by atoms with Crippen LogP contribution in [-0.2, 0) is 0 Å². The number of ketones is 1. The van der Waals surface area contributed by atoms with Crippen molar-refractivity contribution in [2.75, 3.05) is 14.2 Å². The van der Waals surface area contributed by atoms with Crippen LogP contribution < -0.4 is 14.8 Å². The molecule has 0 aromatic heterocycles. The zero-order chi connectivity index (χ0) is 21.1. The quantitative estimate of drug-likeness (QED) is 0.559. The van der Waals surface area contributed by atoms with E-state index < -0.39 is 0 Å². The van der Waals surface area contributed by atoms with Gasteiger partial charge < -0.3 is 19.7 Å². The maximum absolute atomic E-state index is 13.4. The summed E-state index contributed by atoms with van der Waals surface area (Å²) in [4.78, 5) is 15.2. The molecule has 29 heavy (non-hydrogen) atoms. The predicted molar refractivity (Wildman–Crippen MR) is 118 cm³/mol. The molecule has 152 valence electrons. The lowest BCUT2D eigenvalue weighted by atomic mass is 9.89. The summed E-state index contributed by atoms with van der Waals surface area (Å²) in [5.74, 6) is 1.25. The van der Waals surface area contributed by atoms with E-state index in [0.717, 1.165) is 11.3 Å². The van der Waals surface area contributed by atoms with Crippen molar-refractivity contribution in [1.82, 2.24) is 10.2 Å². The monoisotopic (exact) mass is 410 g/mol. The first kappa shape index (κ1) is 20.9. The van der Waals surface area contributed by atoms with Crippen molar-refractivity contribution < 1.29 is 14.3 Å². The Bertz CT molecular complexity index is 954. The van der Waals surface area contributed by atoms with Crippen LogP contribution in [0.15, 0.2) is 59.8 Å². The lowest BCUT2D eigenvalue weighted by Gasteiger charge is -2.36. The summed E-state index contributed by atoms with van der Waals surface area (Å²) in [7, 11) is 3.47. The Morgan fingerprint density at radius 3 is 2.45 bits per heavy atom. The first-order valence-electron chi connectivity index (χ1n) is 9.52. The third kappa shape index (κ3) is 4.27. The van der Waals surface area contributed by atoms with E-state index in [1.807, 2.05) is 81.2 Å². The highest BCUT2D eigenvalue weighted by Crippen LogP contribution is 2.37. The fraction of sp³-hybridized carbons (Fsp3) is 0.304. The largest absolute Gasteiger partial charge is 0.493 e. The van der Waals surface area contributed by atoms with Crippen LogP contribution >= 0.6 is 12.2 Å². The van der Waals surface area contributed by atoms with E-state index in [-0.39, 0.29) is 17.9 Å². The van der Waals surface area contributed by atoms with Gasteiger partial charge in [0.25, 0.3) is 0 Å². The van der Waals surface area contributed by atoms with Gasteiger partial charge in [-0.2, -0.15) is 0 Å². The van der Waals surface area contributed by atoms with Gasteiger partial charge in [-0.3, -0.25) is 4.79 Å². The van der Waals surface area contributed by atoms with Gasteiger partial charge in [-0.15, -0.1) is 0 Å². The van der Waals surface area contributed by atoms with Crippen LogP contribution in [0, 0.1) is 0 Å². The van der Waals surface area contributed by atoms with Crippen LogP contribution in [0.4, 0.5) is 0 Å². The summed E-state index contributed by atoms with van der Waals surface area (Å²) in [6, 6.07) is 14.6. The Balaban J connectivity index is 2.11. The molecule has 2 aromatic rings. The molecule has 1 heterocycles. The summed E-state index contributed by atoms with van der Waals surface area (Å²) >= 11 is 5.50. The molecule has 0 aliphatic carbocycles. The molecule has 1 atom stereocenters. The minimum absolute atomic E-state index is 0.00614. The second kappa shape index (κ2) is 8.66. The Morgan fingerprint density at radius 2 is 1.83 bits per heavy atom. The van der Waals surface area contributed by atoms with Crippen molar-refractivity contribution in [1.29, 1.82) is 0 Å². The number of methoxy groups -OCH3 is 1. The molecule has 5 nitrogen and oxygen atoms in total. The van der Waals surface area contributed by atoms with Crippen molar-refractivity contribution in [3.63, 3.8) is 0 Å². The molecule has 0 spiro atoms. The lowest BCUT2D eigenvalue weighted by Crippen LogP contribution is -2.45. The standard InChI is InChI=1S/C23H26N2O3S/c1-14(2)28-19-13-17(11-12-18(19)27-5)21-20(15(3)25(4)23(29)24-21)22(26)16-9-7-6-8-10-16/h6-14,21H,1-5H3,(H,24,29). The van der Waals surface area contributed by atoms with Gasteiger partial charge in [0.05, 0.1) is 19.3 Å². The lowest BCUT2D eigenvalue weighted by molar-refractivity contribution is 0.102. The van der Waals surface area contributed by atoms with Crippen LogP contribution in [0.5, 0.6) is 11.5 Å². The molecule has 1 aliphatic rings. The molecular weight excluding hydrogens is 384 g/mol. The molecule has 1 unspecified atom stereocenters. The Morgan fingerprint density at radius 1 is 1.14 bits per heavy atom. The number of nitrogens with zero attached hydrogens (tertiary/aromatic N) is 1. The number of thiocarbonyl (C=S) groups is 1. The number of rotatable bonds is 6. The summed E-state index contributed by atoms with van der Waals surface area (Å²) in [6.45, 7) is 5.85. The Hall–Kier alpha value is -2.86. The molecule has 1 aliphatic heterocycles. The number of carbonyl (C=O) groups is 1. The van der Waals surface area contributed by atoms with E-state index in [4.69, 9.17) is 21.7 Å². The highest BCUT2D eigenvalue weighted by molar-refractivity contribution is 7.80. The fourth-order valence-electron chi connectivity index (χ4n) is 3.34. The number of nitrogens with one attached hydrogen (secondary N) is 1. The van der Waals surface area contributed by atoms with Crippen LogP contribution in [0.1, 0.15) is 42.7 Å². The number of hydrogen-bond acceptors (Lipinski definition) is 4. The molecule has 0 saturated heterocycles. The van der Waals surface area contributed by atoms with E-state index in [1.165, 1.54) is 0 Å². The number of allylic oxidation sites excluding steroid dienone is 1. The molecule has 2 aromatic carbocycles. The van der Waals surface area contributed by atoms with Crippen LogP contribution in [0.3, 0.4) is 0 Å². The number of hydrogen-bond donors (Lipinski definition) is 1. The van der Waals surface area contributed by atoms with Crippen LogP contribution in [0.2, 0.25) is 0 Å². The number of benzene rings is 2. The van der Waals surface area contributed by atoms with Crippen molar-refractivity contribution in [2.45, 2.75) is 32.9 Å². The maximum Gasteiger partial charge on any atom is 0.193 e. The van der Waals surface area contributed by atoms with Gasteiger partial charge in [0.15, 0.2) is 22.4 Å². The second-order valence-electron chi connectivity index (χ2n) is 7.21. The highest BCUT2D eigenvalue weighted by atomic mass is 32.1. The highest BCUT2D eigenvalue weighted by Gasteiger charge is 2.33. The first-order valence-corrected chi connectivity index (χ1v) is 9.93. The van der Waals surface area contributed by atoms with Gasteiger partial charge in [0, 0.05) is 23.9 Å². The molecule has 1 N–H and O–H groups in total. The number of carbonyl (C=O) groups excluding carboxylic acids is 1. The van der Waals surface area contributed by atoms with Gasteiger partial charge >= 0.3 is 0 Å². The Kier molecular flexibility index (Phi) is 6.23. The van der Waals surface area contributed by atoms with Crippen molar-refractivity contribution in [2.24, 2.45) is 0 Å².